The number of hydrogen-bond donors (Lipinski definition) is 2. The highest BCUT2D eigenvalue weighted by molar-refractivity contribution is 5.82. The molecule has 0 aliphatic carbocycles. The molecule has 0 aromatic heterocycles. The summed E-state index contributed by atoms with van der Waals surface area (Å²) in [6.07, 6.45) is 2.76. The zero-order chi connectivity index (χ0) is 10.7. The van der Waals surface area contributed by atoms with Crippen molar-refractivity contribution in [3.8, 4) is 0 Å². The van der Waals surface area contributed by atoms with Crippen molar-refractivity contribution < 1.29 is 4.79 Å². The molecule has 0 radical (unpaired) electrons. The Morgan fingerprint density at radius 2 is 1.93 bits per heavy atom. The Balaban J connectivity index is 2.13. The van der Waals surface area contributed by atoms with Crippen molar-refractivity contribution in [2.45, 2.75) is 31.3 Å². The normalized spacial score (nSPS) is 26.9. The summed E-state index contributed by atoms with van der Waals surface area (Å²) in [5.74, 6) is -0.0265. The molecule has 80 valence electrons. The number of nitrogens with two attached hydrogens (primary N) is 1. The topological polar surface area (TPSA) is 55.1 Å². The van der Waals surface area contributed by atoms with Crippen LogP contribution >= 0.6 is 0 Å². The van der Waals surface area contributed by atoms with E-state index in [4.69, 9.17) is 5.73 Å². The molecule has 0 saturated carbocycles. The zero-order valence-electron chi connectivity index (χ0n) is 8.65. The first-order chi connectivity index (χ1) is 7.27. The minimum Gasteiger partial charge on any atom is -0.348 e. The van der Waals surface area contributed by atoms with Gasteiger partial charge in [0.05, 0.1) is 12.1 Å². The van der Waals surface area contributed by atoms with E-state index in [1.54, 1.807) is 0 Å². The lowest BCUT2D eigenvalue weighted by atomic mass is 10.0. The van der Waals surface area contributed by atoms with Crippen molar-refractivity contribution in [3.05, 3.63) is 35.9 Å². The quantitative estimate of drug-likeness (QED) is 0.725. The molecule has 15 heavy (non-hydrogen) atoms. The highest BCUT2D eigenvalue weighted by atomic mass is 16.2. The summed E-state index contributed by atoms with van der Waals surface area (Å²) in [5.41, 5.74) is 6.87. The van der Waals surface area contributed by atoms with E-state index in [9.17, 15) is 4.79 Å². The molecule has 1 aliphatic heterocycles. The van der Waals surface area contributed by atoms with Crippen LogP contribution in [0.1, 0.15) is 30.9 Å². The number of amides is 1. The maximum absolute atomic E-state index is 11.6. The molecule has 1 saturated heterocycles. The summed E-state index contributed by atoms with van der Waals surface area (Å²) < 4.78 is 0. The van der Waals surface area contributed by atoms with E-state index in [2.05, 4.69) is 5.32 Å². The van der Waals surface area contributed by atoms with E-state index in [-0.39, 0.29) is 18.0 Å². The first-order valence-corrected chi connectivity index (χ1v) is 5.38. The van der Waals surface area contributed by atoms with Gasteiger partial charge in [0.2, 0.25) is 5.91 Å². The van der Waals surface area contributed by atoms with Crippen molar-refractivity contribution in [1.29, 1.82) is 0 Å². The zero-order valence-corrected chi connectivity index (χ0v) is 8.65. The Bertz CT molecular complexity index is 337. The van der Waals surface area contributed by atoms with Gasteiger partial charge in [0.25, 0.3) is 0 Å². The number of benzene rings is 1. The Kier molecular flexibility index (Phi) is 3.02. The predicted octanol–water partition coefficient (Wildman–Crippen LogP) is 1.36. The second-order valence-corrected chi connectivity index (χ2v) is 4.01. The number of nitrogens with one attached hydrogen (secondary N) is 1. The van der Waals surface area contributed by atoms with Crippen molar-refractivity contribution in [3.63, 3.8) is 0 Å². The van der Waals surface area contributed by atoms with Gasteiger partial charge in [0.15, 0.2) is 0 Å². The monoisotopic (exact) mass is 204 g/mol. The molecule has 1 aromatic carbocycles. The average molecular weight is 204 g/mol. The SMILES string of the molecule is NC1CCCC(c2ccccc2)NC1=O. The molecule has 0 bridgehead atoms. The lowest BCUT2D eigenvalue weighted by Crippen LogP contribution is -2.39. The fourth-order valence-electron chi connectivity index (χ4n) is 1.96. The number of carbonyl (C=O) groups excluding carboxylic acids is 1. The molecule has 1 aliphatic rings. The van der Waals surface area contributed by atoms with Crippen LogP contribution in [-0.4, -0.2) is 11.9 Å². The first-order valence-electron chi connectivity index (χ1n) is 5.38. The van der Waals surface area contributed by atoms with Crippen LogP contribution in [0.4, 0.5) is 0 Å². The van der Waals surface area contributed by atoms with E-state index in [0.29, 0.717) is 0 Å². The molecule has 3 heteroatoms. The van der Waals surface area contributed by atoms with Gasteiger partial charge in [-0.3, -0.25) is 4.79 Å². The van der Waals surface area contributed by atoms with E-state index in [1.165, 1.54) is 5.56 Å². The summed E-state index contributed by atoms with van der Waals surface area (Å²) in [5, 5.41) is 2.98. The lowest BCUT2D eigenvalue weighted by molar-refractivity contribution is -0.122. The predicted molar refractivity (Wildman–Crippen MR) is 59.2 cm³/mol. The van der Waals surface area contributed by atoms with Crippen molar-refractivity contribution >= 4 is 5.91 Å². The molecule has 3 nitrogen and oxygen atoms in total. The van der Waals surface area contributed by atoms with Crippen LogP contribution in [0, 0.1) is 0 Å². The third-order valence-corrected chi connectivity index (χ3v) is 2.86. The molecule has 1 heterocycles. The molecular weight excluding hydrogens is 188 g/mol. The Morgan fingerprint density at radius 3 is 2.67 bits per heavy atom. The van der Waals surface area contributed by atoms with E-state index in [0.717, 1.165) is 19.3 Å². The fourth-order valence-corrected chi connectivity index (χ4v) is 1.96. The second kappa shape index (κ2) is 4.45. The third-order valence-electron chi connectivity index (χ3n) is 2.86. The maximum atomic E-state index is 11.6. The van der Waals surface area contributed by atoms with Crippen LogP contribution in [0.15, 0.2) is 30.3 Å². The maximum Gasteiger partial charge on any atom is 0.237 e. The van der Waals surface area contributed by atoms with Crippen LogP contribution in [-0.2, 0) is 4.79 Å². The lowest BCUT2D eigenvalue weighted by Gasteiger charge is -2.16. The summed E-state index contributed by atoms with van der Waals surface area (Å²) in [7, 11) is 0. The number of rotatable bonds is 1. The minimum atomic E-state index is -0.335. The van der Waals surface area contributed by atoms with E-state index < -0.39 is 0 Å². The van der Waals surface area contributed by atoms with Gasteiger partial charge in [-0.1, -0.05) is 30.3 Å². The van der Waals surface area contributed by atoms with Crippen LogP contribution in [0.25, 0.3) is 0 Å². The standard InChI is InChI=1S/C12H16N2O/c13-10-7-4-8-11(14-12(10)15)9-5-2-1-3-6-9/h1-3,5-6,10-11H,4,7-8,13H2,(H,14,15). The second-order valence-electron chi connectivity index (χ2n) is 4.01. The molecule has 2 unspecified atom stereocenters. The molecule has 2 atom stereocenters. The molecule has 0 spiro atoms. The number of carbonyl (C=O) groups is 1. The van der Waals surface area contributed by atoms with Gasteiger partial charge in [0.1, 0.15) is 0 Å². The largest absolute Gasteiger partial charge is 0.348 e. The summed E-state index contributed by atoms with van der Waals surface area (Å²) in [6, 6.07) is 9.85. The highest BCUT2D eigenvalue weighted by Crippen LogP contribution is 2.22. The third kappa shape index (κ3) is 2.36. The van der Waals surface area contributed by atoms with Crippen LogP contribution in [0.5, 0.6) is 0 Å². The molecule has 3 N–H and O–H groups in total. The number of hydrogen-bond acceptors (Lipinski definition) is 2. The molecule has 1 fully saturated rings. The van der Waals surface area contributed by atoms with Crippen molar-refractivity contribution in [1.82, 2.24) is 5.32 Å². The fraction of sp³-hybridized carbons (Fsp3) is 0.417. The van der Waals surface area contributed by atoms with Gasteiger partial charge >= 0.3 is 0 Å². The Morgan fingerprint density at radius 1 is 1.20 bits per heavy atom. The van der Waals surface area contributed by atoms with Gasteiger partial charge in [-0.15, -0.1) is 0 Å². The first kappa shape index (κ1) is 10.2. The molecule has 1 aromatic rings. The van der Waals surface area contributed by atoms with E-state index in [1.807, 2.05) is 30.3 Å². The highest BCUT2D eigenvalue weighted by Gasteiger charge is 2.22. The van der Waals surface area contributed by atoms with Crippen LogP contribution < -0.4 is 11.1 Å². The van der Waals surface area contributed by atoms with E-state index >= 15 is 0 Å². The van der Waals surface area contributed by atoms with Gasteiger partial charge in [-0.05, 0) is 24.8 Å². The minimum absolute atomic E-state index is 0.0265. The van der Waals surface area contributed by atoms with Crippen molar-refractivity contribution in [2.75, 3.05) is 0 Å². The summed E-state index contributed by atoms with van der Waals surface area (Å²) in [4.78, 5) is 11.6. The molecule has 1 amide bonds. The average Bonchev–Trinajstić information content (AvgIpc) is 2.43. The summed E-state index contributed by atoms with van der Waals surface area (Å²) in [6.45, 7) is 0. The Hall–Kier alpha value is -1.35. The molecular formula is C12H16N2O. The van der Waals surface area contributed by atoms with Gasteiger partial charge in [-0.25, -0.2) is 0 Å². The molecule has 2 rings (SSSR count). The summed E-state index contributed by atoms with van der Waals surface area (Å²) >= 11 is 0. The Labute approximate surface area is 89.7 Å². The smallest absolute Gasteiger partial charge is 0.237 e. The van der Waals surface area contributed by atoms with Crippen LogP contribution in [0.2, 0.25) is 0 Å². The van der Waals surface area contributed by atoms with Gasteiger partial charge < -0.3 is 11.1 Å². The van der Waals surface area contributed by atoms with Crippen molar-refractivity contribution in [2.24, 2.45) is 5.73 Å². The van der Waals surface area contributed by atoms with Crippen LogP contribution in [0.3, 0.4) is 0 Å². The van der Waals surface area contributed by atoms with Gasteiger partial charge in [0, 0.05) is 0 Å². The van der Waals surface area contributed by atoms with Gasteiger partial charge in [-0.2, -0.15) is 0 Å².